The number of urea groups is 1. The van der Waals surface area contributed by atoms with E-state index in [4.69, 9.17) is 9.47 Å². The number of amides is 2. The van der Waals surface area contributed by atoms with Crippen molar-refractivity contribution in [1.82, 2.24) is 10.6 Å². The van der Waals surface area contributed by atoms with Gasteiger partial charge in [0.15, 0.2) is 0 Å². The number of esters is 2. The summed E-state index contributed by atoms with van der Waals surface area (Å²) in [4.78, 5) is 35.5. The van der Waals surface area contributed by atoms with E-state index in [1.54, 1.807) is 13.8 Å². The van der Waals surface area contributed by atoms with Gasteiger partial charge >= 0.3 is 18.0 Å². The second kappa shape index (κ2) is 7.29. The highest BCUT2D eigenvalue weighted by molar-refractivity contribution is 5.94. The van der Waals surface area contributed by atoms with E-state index < -0.39 is 18.0 Å². The van der Waals surface area contributed by atoms with Crippen molar-refractivity contribution in [2.45, 2.75) is 45.6 Å². The van der Waals surface area contributed by atoms with E-state index in [1.165, 1.54) is 0 Å². The molecule has 22 heavy (non-hydrogen) atoms. The Morgan fingerprint density at radius 1 is 1.23 bits per heavy atom. The molecule has 2 N–H and O–H groups in total. The van der Waals surface area contributed by atoms with E-state index >= 15 is 0 Å². The van der Waals surface area contributed by atoms with E-state index in [2.05, 4.69) is 10.6 Å². The zero-order valence-corrected chi connectivity index (χ0v) is 12.9. The van der Waals surface area contributed by atoms with Crippen molar-refractivity contribution in [3.8, 4) is 0 Å². The molecule has 0 aromatic rings. The monoisotopic (exact) mass is 310 g/mol. The Hall–Kier alpha value is -2.05. The molecular weight excluding hydrogens is 288 g/mol. The summed E-state index contributed by atoms with van der Waals surface area (Å²) >= 11 is 0. The lowest BCUT2D eigenvalue weighted by Gasteiger charge is -2.26. The summed E-state index contributed by atoms with van der Waals surface area (Å²) in [5, 5.41) is 5.13. The molecule has 0 radical (unpaired) electrons. The highest BCUT2D eigenvalue weighted by Gasteiger charge is 2.31. The van der Waals surface area contributed by atoms with Crippen LogP contribution in [0.25, 0.3) is 0 Å². The highest BCUT2D eigenvalue weighted by atomic mass is 16.5. The Balaban J connectivity index is 2.07. The van der Waals surface area contributed by atoms with Crippen molar-refractivity contribution >= 4 is 18.0 Å². The average Bonchev–Trinajstić information content (AvgIpc) is 2.98. The summed E-state index contributed by atoms with van der Waals surface area (Å²) in [6.07, 6.45) is 3.75. The van der Waals surface area contributed by atoms with Crippen LogP contribution in [0, 0.1) is 5.92 Å². The second-order valence-corrected chi connectivity index (χ2v) is 5.52. The lowest BCUT2D eigenvalue weighted by atomic mass is 10.0. The molecule has 0 aromatic heterocycles. The predicted octanol–water partition coefficient (Wildman–Crippen LogP) is 1.24. The van der Waals surface area contributed by atoms with Gasteiger partial charge in [-0.3, -0.25) is 4.79 Å². The minimum absolute atomic E-state index is 0.0681. The van der Waals surface area contributed by atoms with Gasteiger partial charge < -0.3 is 20.1 Å². The maximum Gasteiger partial charge on any atom is 0.338 e. The van der Waals surface area contributed by atoms with Crippen LogP contribution < -0.4 is 10.6 Å². The smallest absolute Gasteiger partial charge is 0.338 e. The topological polar surface area (TPSA) is 93.7 Å². The normalized spacial score (nSPS) is 22.1. The molecule has 1 saturated carbocycles. The van der Waals surface area contributed by atoms with Crippen molar-refractivity contribution in [1.29, 1.82) is 0 Å². The molecular formula is C15H22N2O5. The van der Waals surface area contributed by atoms with E-state index in [9.17, 15) is 14.4 Å². The van der Waals surface area contributed by atoms with E-state index in [0.29, 0.717) is 11.3 Å². The summed E-state index contributed by atoms with van der Waals surface area (Å²) in [5.41, 5.74) is 0.585. The number of hydrogen-bond acceptors (Lipinski definition) is 5. The van der Waals surface area contributed by atoms with Gasteiger partial charge in [-0.2, -0.15) is 0 Å². The summed E-state index contributed by atoms with van der Waals surface area (Å²) in [7, 11) is 0. The maximum absolute atomic E-state index is 12.0. The van der Waals surface area contributed by atoms with Gasteiger partial charge in [-0.25, -0.2) is 9.59 Å². The van der Waals surface area contributed by atoms with Crippen LogP contribution in [0.4, 0.5) is 4.79 Å². The van der Waals surface area contributed by atoms with Gasteiger partial charge in [-0.1, -0.05) is 12.8 Å². The van der Waals surface area contributed by atoms with Crippen LogP contribution in [0.2, 0.25) is 0 Å². The van der Waals surface area contributed by atoms with Crippen LogP contribution in [-0.4, -0.2) is 37.2 Å². The molecule has 0 bridgehead atoms. The van der Waals surface area contributed by atoms with Crippen molar-refractivity contribution < 1.29 is 23.9 Å². The zero-order chi connectivity index (χ0) is 16.1. The fraction of sp³-hybridized carbons (Fsp3) is 0.667. The average molecular weight is 310 g/mol. The van der Waals surface area contributed by atoms with Crippen molar-refractivity contribution in [2.24, 2.45) is 5.92 Å². The van der Waals surface area contributed by atoms with Crippen LogP contribution in [0.1, 0.15) is 39.5 Å². The first kappa shape index (κ1) is 16.3. The van der Waals surface area contributed by atoms with E-state index in [-0.39, 0.29) is 25.1 Å². The Labute approximate surface area is 129 Å². The SMILES string of the molecule is CCOC(=O)C1=C(COC(=O)C2CCCC2)NC(=O)N[C@H]1C. The molecule has 1 aliphatic heterocycles. The quantitative estimate of drug-likeness (QED) is 0.745. The van der Waals surface area contributed by atoms with Gasteiger partial charge in [0.05, 0.1) is 29.8 Å². The second-order valence-electron chi connectivity index (χ2n) is 5.52. The van der Waals surface area contributed by atoms with Gasteiger partial charge in [0, 0.05) is 0 Å². The summed E-state index contributed by atoms with van der Waals surface area (Å²) in [6.45, 7) is 3.50. The number of ether oxygens (including phenoxy) is 2. The Morgan fingerprint density at radius 3 is 2.55 bits per heavy atom. The number of carbonyl (C=O) groups is 3. The fourth-order valence-corrected chi connectivity index (χ4v) is 2.82. The third kappa shape index (κ3) is 3.78. The molecule has 0 saturated heterocycles. The van der Waals surface area contributed by atoms with Crippen LogP contribution in [-0.2, 0) is 19.1 Å². The molecule has 7 heteroatoms. The van der Waals surface area contributed by atoms with E-state index in [0.717, 1.165) is 25.7 Å². The minimum atomic E-state index is -0.519. The maximum atomic E-state index is 12.0. The number of nitrogens with one attached hydrogen (secondary N) is 2. The van der Waals surface area contributed by atoms with Crippen LogP contribution in [0.3, 0.4) is 0 Å². The van der Waals surface area contributed by atoms with Crippen LogP contribution in [0.5, 0.6) is 0 Å². The molecule has 0 aromatic carbocycles. The predicted molar refractivity (Wildman–Crippen MR) is 77.7 cm³/mol. The molecule has 1 atom stereocenters. The number of carbonyl (C=O) groups excluding carboxylic acids is 3. The molecule has 0 unspecified atom stereocenters. The first-order valence-electron chi connectivity index (χ1n) is 7.67. The first-order chi connectivity index (χ1) is 10.5. The lowest BCUT2D eigenvalue weighted by Crippen LogP contribution is -2.50. The Morgan fingerprint density at radius 2 is 1.91 bits per heavy atom. The van der Waals surface area contributed by atoms with Crippen LogP contribution >= 0.6 is 0 Å². The summed E-state index contributed by atoms with van der Waals surface area (Å²) in [5.74, 6) is -0.857. The van der Waals surface area contributed by atoms with Gasteiger partial charge in [-0.05, 0) is 26.7 Å². The molecule has 2 aliphatic rings. The van der Waals surface area contributed by atoms with Crippen molar-refractivity contribution in [2.75, 3.05) is 13.2 Å². The lowest BCUT2D eigenvalue weighted by molar-refractivity contribution is -0.147. The molecule has 0 spiro atoms. The Bertz CT molecular complexity index is 494. The molecule has 7 nitrogen and oxygen atoms in total. The van der Waals surface area contributed by atoms with Gasteiger partial charge in [0.2, 0.25) is 0 Å². The molecule has 1 fully saturated rings. The van der Waals surface area contributed by atoms with Gasteiger partial charge in [0.1, 0.15) is 6.61 Å². The highest BCUT2D eigenvalue weighted by Crippen LogP contribution is 2.26. The third-order valence-corrected chi connectivity index (χ3v) is 3.91. The van der Waals surface area contributed by atoms with Crippen molar-refractivity contribution in [3.05, 3.63) is 11.3 Å². The molecule has 1 heterocycles. The van der Waals surface area contributed by atoms with Gasteiger partial charge in [-0.15, -0.1) is 0 Å². The van der Waals surface area contributed by atoms with Gasteiger partial charge in [0.25, 0.3) is 0 Å². The largest absolute Gasteiger partial charge is 0.463 e. The summed E-state index contributed by atoms with van der Waals surface area (Å²) < 4.78 is 10.3. The molecule has 2 amide bonds. The molecule has 122 valence electrons. The minimum Gasteiger partial charge on any atom is -0.463 e. The standard InChI is InChI=1S/C15H22N2O5/c1-3-21-14(19)12-9(2)16-15(20)17-11(12)8-22-13(18)10-6-4-5-7-10/h9-10H,3-8H2,1-2H3,(H2,16,17,20)/t9-/m0/s1. The molecule has 1 aliphatic carbocycles. The zero-order valence-electron chi connectivity index (χ0n) is 12.9. The number of rotatable bonds is 5. The number of hydrogen-bond donors (Lipinski definition) is 2. The van der Waals surface area contributed by atoms with Crippen molar-refractivity contribution in [3.63, 3.8) is 0 Å². The fourth-order valence-electron chi connectivity index (χ4n) is 2.82. The van der Waals surface area contributed by atoms with Crippen LogP contribution in [0.15, 0.2) is 11.3 Å². The first-order valence-corrected chi connectivity index (χ1v) is 7.67. The van der Waals surface area contributed by atoms with E-state index in [1.807, 2.05) is 0 Å². The molecule has 2 rings (SSSR count). The summed E-state index contributed by atoms with van der Waals surface area (Å²) in [6, 6.07) is -0.916. The third-order valence-electron chi connectivity index (χ3n) is 3.91. The Kier molecular flexibility index (Phi) is 5.41.